The third-order valence-electron chi connectivity index (χ3n) is 3.63. The summed E-state index contributed by atoms with van der Waals surface area (Å²) < 4.78 is 0. The van der Waals surface area contributed by atoms with Crippen molar-refractivity contribution in [3.8, 4) is 0 Å². The second-order valence-electron chi connectivity index (χ2n) is 4.80. The summed E-state index contributed by atoms with van der Waals surface area (Å²) in [6, 6.07) is 4.36. The lowest BCUT2D eigenvalue weighted by molar-refractivity contribution is 0.0900. The molecule has 1 fully saturated rings. The predicted octanol–water partition coefficient (Wildman–Crippen LogP) is 2.04. The van der Waals surface area contributed by atoms with E-state index in [0.29, 0.717) is 0 Å². The number of aliphatic hydroxyl groups is 1. The molecule has 1 aromatic heterocycles. The van der Waals surface area contributed by atoms with E-state index >= 15 is 0 Å². The molecule has 1 aliphatic carbocycles. The molecule has 2 atom stereocenters. The van der Waals surface area contributed by atoms with Crippen molar-refractivity contribution in [3.05, 3.63) is 29.6 Å². The van der Waals surface area contributed by atoms with Crippen LogP contribution in [0.1, 0.15) is 43.9 Å². The van der Waals surface area contributed by atoms with Crippen LogP contribution in [0.3, 0.4) is 0 Å². The predicted molar refractivity (Wildman–Crippen MR) is 68.7 cm³/mol. The van der Waals surface area contributed by atoms with Crippen molar-refractivity contribution in [1.29, 1.82) is 0 Å². The van der Waals surface area contributed by atoms with E-state index in [2.05, 4.69) is 23.3 Å². The van der Waals surface area contributed by atoms with Gasteiger partial charge in [0, 0.05) is 18.8 Å². The van der Waals surface area contributed by atoms with Gasteiger partial charge in [-0.25, -0.2) is 0 Å². The summed E-state index contributed by atoms with van der Waals surface area (Å²) >= 11 is 0. The molecule has 3 nitrogen and oxygen atoms in total. The Morgan fingerprint density at radius 3 is 3.00 bits per heavy atom. The summed E-state index contributed by atoms with van der Waals surface area (Å²) in [6.07, 6.45) is 7.06. The van der Waals surface area contributed by atoms with Gasteiger partial charge in [0.25, 0.3) is 0 Å². The molecule has 2 rings (SSSR count). The summed E-state index contributed by atoms with van der Waals surface area (Å²) in [5.74, 6) is 0. The first-order valence-electron chi connectivity index (χ1n) is 6.65. The minimum absolute atomic E-state index is 0.183. The van der Waals surface area contributed by atoms with E-state index in [9.17, 15) is 5.11 Å². The van der Waals surface area contributed by atoms with Crippen LogP contribution in [0.25, 0.3) is 0 Å². The molecule has 1 aliphatic rings. The molecule has 17 heavy (non-hydrogen) atoms. The first kappa shape index (κ1) is 12.5. The fourth-order valence-electron chi connectivity index (χ4n) is 2.53. The van der Waals surface area contributed by atoms with E-state index in [4.69, 9.17) is 0 Å². The number of hydrogen-bond acceptors (Lipinski definition) is 3. The molecule has 0 saturated heterocycles. The number of aromatic nitrogens is 1. The quantitative estimate of drug-likeness (QED) is 0.838. The highest BCUT2D eigenvalue weighted by molar-refractivity contribution is 5.19. The number of hydrogen-bond donors (Lipinski definition) is 2. The first-order valence-corrected chi connectivity index (χ1v) is 6.65. The standard InChI is InChI=1S/C14H22N2O/c1-2-11-6-5-9-15-13(11)10-16-12-7-3-4-8-14(12)17/h5-6,9,12,14,16-17H,2-4,7-8,10H2,1H3. The van der Waals surface area contributed by atoms with Gasteiger partial charge >= 0.3 is 0 Å². The number of nitrogens with zero attached hydrogens (tertiary/aromatic N) is 1. The molecule has 0 spiro atoms. The van der Waals surface area contributed by atoms with Crippen molar-refractivity contribution in [2.75, 3.05) is 0 Å². The van der Waals surface area contributed by atoms with Crippen molar-refractivity contribution in [2.45, 2.75) is 57.7 Å². The Balaban J connectivity index is 1.92. The highest BCUT2D eigenvalue weighted by Crippen LogP contribution is 2.18. The van der Waals surface area contributed by atoms with Crippen molar-refractivity contribution in [2.24, 2.45) is 0 Å². The zero-order chi connectivity index (χ0) is 12.1. The van der Waals surface area contributed by atoms with Crippen molar-refractivity contribution < 1.29 is 5.11 Å². The zero-order valence-electron chi connectivity index (χ0n) is 10.5. The Kier molecular flexibility index (Phi) is 4.51. The van der Waals surface area contributed by atoms with Crippen LogP contribution in [-0.2, 0) is 13.0 Å². The molecule has 1 aromatic rings. The van der Waals surface area contributed by atoms with Gasteiger partial charge in [-0.3, -0.25) is 4.98 Å². The number of nitrogens with one attached hydrogen (secondary N) is 1. The van der Waals surface area contributed by atoms with Crippen molar-refractivity contribution >= 4 is 0 Å². The number of pyridine rings is 1. The van der Waals surface area contributed by atoms with Crippen LogP contribution in [0.4, 0.5) is 0 Å². The summed E-state index contributed by atoms with van der Waals surface area (Å²) in [4.78, 5) is 4.41. The monoisotopic (exact) mass is 234 g/mol. The normalized spacial score (nSPS) is 24.8. The third-order valence-corrected chi connectivity index (χ3v) is 3.63. The first-order chi connectivity index (χ1) is 8.31. The average molecular weight is 234 g/mol. The average Bonchev–Trinajstić information content (AvgIpc) is 2.38. The molecule has 0 radical (unpaired) electrons. The van der Waals surface area contributed by atoms with Crippen molar-refractivity contribution in [1.82, 2.24) is 10.3 Å². The number of aryl methyl sites for hydroxylation is 1. The Hall–Kier alpha value is -0.930. The number of aliphatic hydroxyl groups excluding tert-OH is 1. The molecule has 1 saturated carbocycles. The van der Waals surface area contributed by atoms with Gasteiger partial charge < -0.3 is 10.4 Å². The van der Waals surface area contributed by atoms with Gasteiger partial charge in [-0.05, 0) is 30.9 Å². The van der Waals surface area contributed by atoms with Gasteiger partial charge in [-0.15, -0.1) is 0 Å². The molecule has 2 unspecified atom stereocenters. The lowest BCUT2D eigenvalue weighted by Gasteiger charge is -2.28. The molecular formula is C14H22N2O. The molecular weight excluding hydrogens is 212 g/mol. The van der Waals surface area contributed by atoms with Crippen LogP contribution >= 0.6 is 0 Å². The molecule has 94 valence electrons. The lowest BCUT2D eigenvalue weighted by Crippen LogP contribution is -2.41. The smallest absolute Gasteiger partial charge is 0.0693 e. The Labute approximate surface area is 103 Å². The van der Waals surface area contributed by atoms with E-state index in [0.717, 1.165) is 37.9 Å². The lowest BCUT2D eigenvalue weighted by atomic mass is 9.92. The number of rotatable bonds is 4. The fourth-order valence-corrected chi connectivity index (χ4v) is 2.53. The van der Waals surface area contributed by atoms with Gasteiger partial charge in [0.2, 0.25) is 0 Å². The fraction of sp³-hybridized carbons (Fsp3) is 0.643. The van der Waals surface area contributed by atoms with Crippen LogP contribution in [0, 0.1) is 0 Å². The molecule has 1 heterocycles. The zero-order valence-corrected chi connectivity index (χ0v) is 10.5. The summed E-state index contributed by atoms with van der Waals surface area (Å²) in [5, 5.41) is 13.3. The second kappa shape index (κ2) is 6.12. The van der Waals surface area contributed by atoms with Gasteiger partial charge in [0.15, 0.2) is 0 Å². The summed E-state index contributed by atoms with van der Waals surface area (Å²) in [6.45, 7) is 2.92. The maximum atomic E-state index is 9.89. The van der Waals surface area contributed by atoms with Gasteiger partial charge in [-0.1, -0.05) is 25.8 Å². The van der Waals surface area contributed by atoms with E-state index in [-0.39, 0.29) is 12.1 Å². The molecule has 3 heteroatoms. The van der Waals surface area contributed by atoms with E-state index in [1.165, 1.54) is 12.0 Å². The Morgan fingerprint density at radius 1 is 1.41 bits per heavy atom. The van der Waals surface area contributed by atoms with Gasteiger partial charge in [0.1, 0.15) is 0 Å². The largest absolute Gasteiger partial charge is 0.392 e. The van der Waals surface area contributed by atoms with Gasteiger partial charge in [-0.2, -0.15) is 0 Å². The van der Waals surface area contributed by atoms with E-state index in [1.807, 2.05) is 12.3 Å². The SMILES string of the molecule is CCc1cccnc1CNC1CCCCC1O. The maximum absolute atomic E-state index is 9.89. The van der Waals surface area contributed by atoms with Crippen molar-refractivity contribution in [3.63, 3.8) is 0 Å². The highest BCUT2D eigenvalue weighted by Gasteiger charge is 2.22. The Bertz CT molecular complexity index is 354. The molecule has 2 N–H and O–H groups in total. The highest BCUT2D eigenvalue weighted by atomic mass is 16.3. The maximum Gasteiger partial charge on any atom is 0.0693 e. The van der Waals surface area contributed by atoms with Gasteiger partial charge in [0.05, 0.1) is 11.8 Å². The Morgan fingerprint density at radius 2 is 2.24 bits per heavy atom. The van der Waals surface area contributed by atoms with Crippen LogP contribution in [-0.4, -0.2) is 22.2 Å². The van der Waals surface area contributed by atoms with E-state index in [1.54, 1.807) is 0 Å². The van der Waals surface area contributed by atoms with Crippen LogP contribution in [0.15, 0.2) is 18.3 Å². The van der Waals surface area contributed by atoms with Crippen LogP contribution in [0.5, 0.6) is 0 Å². The minimum Gasteiger partial charge on any atom is -0.392 e. The third kappa shape index (κ3) is 3.27. The van der Waals surface area contributed by atoms with Crippen LogP contribution < -0.4 is 5.32 Å². The molecule has 0 aromatic carbocycles. The topological polar surface area (TPSA) is 45.2 Å². The summed E-state index contributed by atoms with van der Waals surface area (Å²) in [7, 11) is 0. The van der Waals surface area contributed by atoms with E-state index < -0.39 is 0 Å². The summed E-state index contributed by atoms with van der Waals surface area (Å²) in [5.41, 5.74) is 2.41. The second-order valence-corrected chi connectivity index (χ2v) is 4.80. The molecule has 0 aliphatic heterocycles. The molecule has 0 amide bonds. The molecule has 0 bridgehead atoms. The minimum atomic E-state index is -0.183. The van der Waals surface area contributed by atoms with Crippen LogP contribution in [0.2, 0.25) is 0 Å².